The lowest BCUT2D eigenvalue weighted by Crippen LogP contribution is -2.31. The number of carbonyl (C=O) groups excluding carboxylic acids is 1. The van der Waals surface area contributed by atoms with Crippen LogP contribution in [0.25, 0.3) is 0 Å². The van der Waals surface area contributed by atoms with Gasteiger partial charge in [-0.05, 0) is 24.1 Å². The van der Waals surface area contributed by atoms with Gasteiger partial charge in [-0.1, -0.05) is 23.7 Å². The predicted octanol–water partition coefficient (Wildman–Crippen LogP) is 2.44. The molecule has 1 aromatic carbocycles. The third-order valence-corrected chi connectivity index (χ3v) is 2.89. The SMILES string of the molecule is Cn1nccc1NC(=O)NCCc1cccc(Cl)c1. The molecule has 19 heavy (non-hydrogen) atoms. The zero-order chi connectivity index (χ0) is 13.7. The molecule has 2 rings (SSSR count). The molecule has 0 atom stereocenters. The number of nitrogens with zero attached hydrogens (tertiary/aromatic N) is 2. The highest BCUT2D eigenvalue weighted by Gasteiger charge is 2.04. The summed E-state index contributed by atoms with van der Waals surface area (Å²) in [6, 6.07) is 9.08. The van der Waals surface area contributed by atoms with Crippen LogP contribution in [0.5, 0.6) is 0 Å². The van der Waals surface area contributed by atoms with Crippen molar-refractivity contribution in [3.8, 4) is 0 Å². The Hall–Kier alpha value is -2.01. The van der Waals surface area contributed by atoms with Crippen molar-refractivity contribution in [1.29, 1.82) is 0 Å². The van der Waals surface area contributed by atoms with Gasteiger partial charge in [0.15, 0.2) is 0 Å². The Bertz CT molecular complexity index is 567. The summed E-state index contributed by atoms with van der Waals surface area (Å²) >= 11 is 5.89. The van der Waals surface area contributed by atoms with Gasteiger partial charge in [-0.3, -0.25) is 10.00 Å². The van der Waals surface area contributed by atoms with E-state index >= 15 is 0 Å². The van der Waals surface area contributed by atoms with Crippen LogP contribution >= 0.6 is 11.6 Å². The van der Waals surface area contributed by atoms with Crippen LogP contribution < -0.4 is 10.6 Å². The van der Waals surface area contributed by atoms with Crippen molar-refractivity contribution >= 4 is 23.4 Å². The van der Waals surface area contributed by atoms with E-state index in [4.69, 9.17) is 11.6 Å². The molecule has 1 aromatic heterocycles. The van der Waals surface area contributed by atoms with E-state index in [-0.39, 0.29) is 6.03 Å². The first-order chi connectivity index (χ1) is 9.15. The van der Waals surface area contributed by atoms with Crippen molar-refractivity contribution in [2.24, 2.45) is 7.05 Å². The Morgan fingerprint density at radius 1 is 1.42 bits per heavy atom. The number of rotatable bonds is 4. The molecule has 0 fully saturated rings. The van der Waals surface area contributed by atoms with E-state index in [1.807, 2.05) is 24.3 Å². The average molecular weight is 279 g/mol. The van der Waals surface area contributed by atoms with Crippen LogP contribution in [0.1, 0.15) is 5.56 Å². The van der Waals surface area contributed by atoms with Gasteiger partial charge >= 0.3 is 6.03 Å². The van der Waals surface area contributed by atoms with Crippen molar-refractivity contribution in [2.75, 3.05) is 11.9 Å². The van der Waals surface area contributed by atoms with Crippen LogP contribution in [0.4, 0.5) is 10.6 Å². The van der Waals surface area contributed by atoms with Gasteiger partial charge < -0.3 is 5.32 Å². The molecule has 0 spiro atoms. The molecule has 2 N–H and O–H groups in total. The maximum atomic E-state index is 11.6. The number of halogens is 1. The number of benzene rings is 1. The highest BCUT2D eigenvalue weighted by Crippen LogP contribution is 2.10. The third-order valence-electron chi connectivity index (χ3n) is 2.65. The minimum Gasteiger partial charge on any atom is -0.337 e. The molecule has 0 aliphatic carbocycles. The lowest BCUT2D eigenvalue weighted by atomic mass is 10.1. The Labute approximate surface area is 116 Å². The molecule has 0 saturated heterocycles. The predicted molar refractivity (Wildman–Crippen MR) is 75.4 cm³/mol. The second-order valence-corrected chi connectivity index (χ2v) is 4.54. The number of aryl methyl sites for hydroxylation is 1. The van der Waals surface area contributed by atoms with Gasteiger partial charge in [0.25, 0.3) is 0 Å². The van der Waals surface area contributed by atoms with Crippen LogP contribution in [0.15, 0.2) is 36.5 Å². The lowest BCUT2D eigenvalue weighted by molar-refractivity contribution is 0.252. The Balaban J connectivity index is 1.77. The van der Waals surface area contributed by atoms with E-state index in [2.05, 4.69) is 15.7 Å². The van der Waals surface area contributed by atoms with E-state index in [0.717, 1.165) is 12.0 Å². The number of anilines is 1. The number of hydrogen-bond acceptors (Lipinski definition) is 2. The van der Waals surface area contributed by atoms with Crippen LogP contribution in [-0.4, -0.2) is 22.4 Å². The summed E-state index contributed by atoms with van der Waals surface area (Å²) < 4.78 is 1.59. The molecule has 0 bridgehead atoms. The molecule has 0 radical (unpaired) electrons. The Kier molecular flexibility index (Phi) is 4.41. The number of nitrogens with one attached hydrogen (secondary N) is 2. The molecule has 0 aliphatic heterocycles. The van der Waals surface area contributed by atoms with Gasteiger partial charge in [-0.15, -0.1) is 0 Å². The number of aromatic nitrogens is 2. The van der Waals surface area contributed by atoms with E-state index in [0.29, 0.717) is 17.4 Å². The molecule has 0 aliphatic rings. The van der Waals surface area contributed by atoms with Gasteiger partial charge in [0, 0.05) is 24.7 Å². The highest BCUT2D eigenvalue weighted by molar-refractivity contribution is 6.30. The van der Waals surface area contributed by atoms with Gasteiger partial charge in [0.1, 0.15) is 5.82 Å². The summed E-state index contributed by atoms with van der Waals surface area (Å²) in [5, 5.41) is 10.2. The molecule has 2 amide bonds. The molecule has 6 heteroatoms. The van der Waals surface area contributed by atoms with Crippen molar-refractivity contribution in [3.05, 3.63) is 47.1 Å². The zero-order valence-electron chi connectivity index (χ0n) is 10.6. The molecule has 0 saturated carbocycles. The van der Waals surface area contributed by atoms with E-state index in [9.17, 15) is 4.79 Å². The van der Waals surface area contributed by atoms with Crippen LogP contribution in [0.3, 0.4) is 0 Å². The number of carbonyl (C=O) groups is 1. The zero-order valence-corrected chi connectivity index (χ0v) is 11.3. The normalized spacial score (nSPS) is 10.2. The first-order valence-corrected chi connectivity index (χ1v) is 6.30. The summed E-state index contributed by atoms with van der Waals surface area (Å²) in [6.45, 7) is 0.546. The van der Waals surface area contributed by atoms with Crippen LogP contribution in [-0.2, 0) is 13.5 Å². The second-order valence-electron chi connectivity index (χ2n) is 4.10. The first-order valence-electron chi connectivity index (χ1n) is 5.92. The quantitative estimate of drug-likeness (QED) is 0.902. The average Bonchev–Trinajstić information content (AvgIpc) is 2.75. The van der Waals surface area contributed by atoms with Crippen molar-refractivity contribution in [1.82, 2.24) is 15.1 Å². The smallest absolute Gasteiger partial charge is 0.320 e. The fourth-order valence-electron chi connectivity index (χ4n) is 1.67. The minimum absolute atomic E-state index is 0.245. The first kappa shape index (κ1) is 13.4. The molecular weight excluding hydrogens is 264 g/mol. The maximum absolute atomic E-state index is 11.6. The summed E-state index contributed by atoms with van der Waals surface area (Å²) in [6.07, 6.45) is 2.36. The molecule has 2 aromatic rings. The summed E-state index contributed by atoms with van der Waals surface area (Å²) in [5.74, 6) is 0.653. The van der Waals surface area contributed by atoms with Crippen molar-refractivity contribution < 1.29 is 4.79 Å². The van der Waals surface area contributed by atoms with Crippen molar-refractivity contribution in [2.45, 2.75) is 6.42 Å². The minimum atomic E-state index is -0.245. The molecular formula is C13H15ClN4O. The number of hydrogen-bond donors (Lipinski definition) is 2. The fraction of sp³-hybridized carbons (Fsp3) is 0.231. The monoisotopic (exact) mass is 278 g/mol. The topological polar surface area (TPSA) is 59.0 Å². The van der Waals surface area contributed by atoms with Gasteiger partial charge in [-0.25, -0.2) is 4.79 Å². The number of urea groups is 1. The fourth-order valence-corrected chi connectivity index (χ4v) is 1.88. The van der Waals surface area contributed by atoms with E-state index in [1.54, 1.807) is 24.0 Å². The van der Waals surface area contributed by atoms with E-state index in [1.165, 1.54) is 0 Å². The Morgan fingerprint density at radius 3 is 2.95 bits per heavy atom. The summed E-state index contributed by atoms with van der Waals surface area (Å²) in [5.41, 5.74) is 1.09. The molecule has 5 nitrogen and oxygen atoms in total. The van der Waals surface area contributed by atoms with Crippen LogP contribution in [0.2, 0.25) is 5.02 Å². The number of amides is 2. The van der Waals surface area contributed by atoms with Crippen LogP contribution in [0, 0.1) is 0 Å². The maximum Gasteiger partial charge on any atom is 0.320 e. The molecule has 0 unspecified atom stereocenters. The van der Waals surface area contributed by atoms with Gasteiger partial charge in [0.2, 0.25) is 0 Å². The van der Waals surface area contributed by atoms with E-state index < -0.39 is 0 Å². The Morgan fingerprint density at radius 2 is 2.26 bits per heavy atom. The lowest BCUT2D eigenvalue weighted by Gasteiger charge is -2.07. The second kappa shape index (κ2) is 6.24. The highest BCUT2D eigenvalue weighted by atomic mass is 35.5. The molecule has 100 valence electrons. The molecule has 1 heterocycles. The third kappa shape index (κ3) is 3.99. The summed E-state index contributed by atoms with van der Waals surface area (Å²) in [7, 11) is 1.77. The summed E-state index contributed by atoms with van der Waals surface area (Å²) in [4.78, 5) is 11.6. The van der Waals surface area contributed by atoms with Gasteiger partial charge in [0.05, 0.1) is 6.20 Å². The largest absolute Gasteiger partial charge is 0.337 e. The standard InChI is InChI=1S/C13H15ClN4O/c1-18-12(6-8-16-18)17-13(19)15-7-5-10-3-2-4-11(14)9-10/h2-4,6,8-9H,5,7H2,1H3,(H2,15,17,19). The van der Waals surface area contributed by atoms with Gasteiger partial charge in [-0.2, -0.15) is 5.10 Å². The van der Waals surface area contributed by atoms with Crippen molar-refractivity contribution in [3.63, 3.8) is 0 Å².